The van der Waals surface area contributed by atoms with Gasteiger partial charge in [0, 0.05) is 0 Å². The number of hydrogen-bond acceptors (Lipinski definition) is 1. The Morgan fingerprint density at radius 3 is 2.35 bits per heavy atom. The first-order valence-electron chi connectivity index (χ1n) is 7.51. The van der Waals surface area contributed by atoms with Gasteiger partial charge < -0.3 is 5.73 Å². The summed E-state index contributed by atoms with van der Waals surface area (Å²) in [4.78, 5) is 0. The van der Waals surface area contributed by atoms with Gasteiger partial charge in [0.05, 0.1) is 6.04 Å². The lowest BCUT2D eigenvalue weighted by atomic mass is 9.91. The molecule has 0 heterocycles. The molecule has 0 radical (unpaired) electrons. The highest BCUT2D eigenvalue weighted by Gasteiger charge is 2.16. The number of hydrogen-bond donors (Lipinski definition) is 1. The molecule has 104 valence electrons. The molecule has 0 aromatic heterocycles. The summed E-state index contributed by atoms with van der Waals surface area (Å²) in [7, 11) is 0. The molecule has 0 amide bonds. The van der Waals surface area contributed by atoms with E-state index in [1.165, 1.54) is 58.2 Å². The third-order valence-electron chi connectivity index (χ3n) is 4.70. The predicted octanol–water partition coefficient (Wildman–Crippen LogP) is 4.15. The SMILES string of the molecule is Cc1cc(C)c(C(N)c2ccc3c(c2)CCC3)cc1C. The molecule has 20 heavy (non-hydrogen) atoms. The van der Waals surface area contributed by atoms with Gasteiger partial charge in [0.25, 0.3) is 0 Å². The lowest BCUT2D eigenvalue weighted by Gasteiger charge is -2.18. The van der Waals surface area contributed by atoms with Crippen LogP contribution in [0, 0.1) is 20.8 Å². The van der Waals surface area contributed by atoms with Crippen LogP contribution in [0.5, 0.6) is 0 Å². The summed E-state index contributed by atoms with van der Waals surface area (Å²) in [6.45, 7) is 6.48. The molecule has 0 bridgehead atoms. The quantitative estimate of drug-likeness (QED) is 0.867. The number of fused-ring (bicyclic) bond motifs is 1. The van der Waals surface area contributed by atoms with Gasteiger partial charge in [-0.2, -0.15) is 0 Å². The number of benzene rings is 2. The van der Waals surface area contributed by atoms with E-state index >= 15 is 0 Å². The summed E-state index contributed by atoms with van der Waals surface area (Å²) in [6.07, 6.45) is 3.73. The maximum absolute atomic E-state index is 6.53. The molecule has 1 heteroatoms. The van der Waals surface area contributed by atoms with Gasteiger partial charge in [-0.3, -0.25) is 0 Å². The van der Waals surface area contributed by atoms with E-state index in [9.17, 15) is 0 Å². The van der Waals surface area contributed by atoms with Crippen molar-refractivity contribution < 1.29 is 0 Å². The standard InChI is InChI=1S/C19H23N/c1-12-9-14(3)18(10-13(12)2)19(20)17-8-7-15-5-4-6-16(15)11-17/h7-11,19H,4-6,20H2,1-3H3. The summed E-state index contributed by atoms with van der Waals surface area (Å²) < 4.78 is 0. The second-order valence-electron chi connectivity index (χ2n) is 6.15. The van der Waals surface area contributed by atoms with Gasteiger partial charge in [-0.15, -0.1) is 0 Å². The monoisotopic (exact) mass is 265 g/mol. The van der Waals surface area contributed by atoms with Gasteiger partial charge in [0.1, 0.15) is 0 Å². The molecule has 1 atom stereocenters. The van der Waals surface area contributed by atoms with Gasteiger partial charge in [-0.25, -0.2) is 0 Å². The fourth-order valence-corrected chi connectivity index (χ4v) is 3.28. The number of aryl methyl sites for hydroxylation is 5. The molecule has 0 saturated carbocycles. The predicted molar refractivity (Wildman–Crippen MR) is 85.2 cm³/mol. The summed E-state index contributed by atoms with van der Waals surface area (Å²) in [5.41, 5.74) is 16.0. The number of nitrogens with two attached hydrogens (primary N) is 1. The minimum Gasteiger partial charge on any atom is -0.320 e. The zero-order valence-corrected chi connectivity index (χ0v) is 12.7. The van der Waals surface area contributed by atoms with E-state index in [-0.39, 0.29) is 6.04 Å². The van der Waals surface area contributed by atoms with Gasteiger partial charge in [0.15, 0.2) is 0 Å². The molecule has 0 saturated heterocycles. The molecule has 1 aliphatic rings. The summed E-state index contributed by atoms with van der Waals surface area (Å²) in [6, 6.07) is 11.3. The first kappa shape index (κ1) is 13.4. The van der Waals surface area contributed by atoms with Crippen molar-refractivity contribution in [2.45, 2.75) is 46.1 Å². The Morgan fingerprint density at radius 2 is 1.55 bits per heavy atom. The zero-order chi connectivity index (χ0) is 14.3. The van der Waals surface area contributed by atoms with E-state index in [0.717, 1.165) is 0 Å². The molecule has 1 nitrogen and oxygen atoms in total. The van der Waals surface area contributed by atoms with E-state index in [2.05, 4.69) is 51.1 Å². The van der Waals surface area contributed by atoms with Gasteiger partial charge >= 0.3 is 0 Å². The highest BCUT2D eigenvalue weighted by molar-refractivity contribution is 5.44. The van der Waals surface area contributed by atoms with Crippen molar-refractivity contribution in [3.05, 3.63) is 69.3 Å². The molecular weight excluding hydrogens is 242 g/mol. The normalized spacial score (nSPS) is 15.2. The van der Waals surface area contributed by atoms with Crippen LogP contribution in [0.25, 0.3) is 0 Å². The molecule has 0 spiro atoms. The molecule has 0 fully saturated rings. The largest absolute Gasteiger partial charge is 0.320 e. The Hall–Kier alpha value is -1.60. The maximum Gasteiger partial charge on any atom is 0.0554 e. The Labute approximate surface area is 121 Å². The average molecular weight is 265 g/mol. The highest BCUT2D eigenvalue weighted by atomic mass is 14.6. The molecule has 1 aliphatic carbocycles. The lowest BCUT2D eigenvalue weighted by molar-refractivity contribution is 0.855. The Bertz CT molecular complexity index is 655. The lowest BCUT2D eigenvalue weighted by Crippen LogP contribution is -2.14. The Morgan fingerprint density at radius 1 is 0.850 bits per heavy atom. The van der Waals surface area contributed by atoms with Crippen molar-refractivity contribution >= 4 is 0 Å². The van der Waals surface area contributed by atoms with Crippen LogP contribution in [0.4, 0.5) is 0 Å². The smallest absolute Gasteiger partial charge is 0.0554 e. The fourth-order valence-electron chi connectivity index (χ4n) is 3.28. The average Bonchev–Trinajstić information content (AvgIpc) is 2.89. The third kappa shape index (κ3) is 2.27. The molecule has 2 aromatic rings. The third-order valence-corrected chi connectivity index (χ3v) is 4.70. The van der Waals surface area contributed by atoms with Crippen molar-refractivity contribution in [2.75, 3.05) is 0 Å². The van der Waals surface area contributed by atoms with Crippen LogP contribution >= 0.6 is 0 Å². The molecule has 1 unspecified atom stereocenters. The van der Waals surface area contributed by atoms with Crippen molar-refractivity contribution in [2.24, 2.45) is 5.73 Å². The van der Waals surface area contributed by atoms with E-state index in [1.807, 2.05) is 0 Å². The summed E-state index contributed by atoms with van der Waals surface area (Å²) in [5, 5.41) is 0. The first-order valence-corrected chi connectivity index (χ1v) is 7.51. The van der Waals surface area contributed by atoms with Gasteiger partial charge in [-0.05, 0) is 79.0 Å². The molecule has 0 aliphatic heterocycles. The van der Waals surface area contributed by atoms with Crippen LogP contribution in [0.3, 0.4) is 0 Å². The van der Waals surface area contributed by atoms with Crippen LogP contribution in [0.2, 0.25) is 0 Å². The summed E-state index contributed by atoms with van der Waals surface area (Å²) >= 11 is 0. The molecule has 2 aromatic carbocycles. The van der Waals surface area contributed by atoms with Crippen LogP contribution in [-0.4, -0.2) is 0 Å². The van der Waals surface area contributed by atoms with Crippen LogP contribution in [0.1, 0.15) is 51.4 Å². The van der Waals surface area contributed by atoms with Gasteiger partial charge in [0.2, 0.25) is 0 Å². The van der Waals surface area contributed by atoms with Gasteiger partial charge in [-0.1, -0.05) is 30.3 Å². The van der Waals surface area contributed by atoms with Crippen molar-refractivity contribution in [3.8, 4) is 0 Å². The van der Waals surface area contributed by atoms with Crippen LogP contribution < -0.4 is 5.73 Å². The van der Waals surface area contributed by atoms with Crippen molar-refractivity contribution in [3.63, 3.8) is 0 Å². The second-order valence-corrected chi connectivity index (χ2v) is 6.15. The van der Waals surface area contributed by atoms with Crippen LogP contribution in [0.15, 0.2) is 30.3 Å². The van der Waals surface area contributed by atoms with E-state index in [1.54, 1.807) is 0 Å². The summed E-state index contributed by atoms with van der Waals surface area (Å²) in [5.74, 6) is 0. The van der Waals surface area contributed by atoms with Crippen molar-refractivity contribution in [1.82, 2.24) is 0 Å². The zero-order valence-electron chi connectivity index (χ0n) is 12.7. The minimum atomic E-state index is -0.0137. The second kappa shape index (κ2) is 5.06. The molecule has 2 N–H and O–H groups in total. The van der Waals surface area contributed by atoms with E-state index in [0.29, 0.717) is 0 Å². The Balaban J connectivity index is 2.00. The maximum atomic E-state index is 6.53. The topological polar surface area (TPSA) is 26.0 Å². The highest BCUT2D eigenvalue weighted by Crippen LogP contribution is 2.29. The van der Waals surface area contributed by atoms with Crippen molar-refractivity contribution in [1.29, 1.82) is 0 Å². The fraction of sp³-hybridized carbons (Fsp3) is 0.368. The number of rotatable bonds is 2. The van der Waals surface area contributed by atoms with E-state index < -0.39 is 0 Å². The first-order chi connectivity index (χ1) is 9.56. The van der Waals surface area contributed by atoms with E-state index in [4.69, 9.17) is 5.73 Å². The van der Waals surface area contributed by atoms with Crippen LogP contribution in [-0.2, 0) is 12.8 Å². The Kier molecular flexibility index (Phi) is 3.39. The minimum absolute atomic E-state index is 0.0137. The molecule has 3 rings (SSSR count). The molecular formula is C19H23N.